The van der Waals surface area contributed by atoms with Crippen LogP contribution in [0.2, 0.25) is 0 Å². The molecule has 212 valence electrons. The summed E-state index contributed by atoms with van der Waals surface area (Å²) < 4.78 is 43.2. The predicted molar refractivity (Wildman–Crippen MR) is 160 cm³/mol. The first-order valence-electron chi connectivity index (χ1n) is 12.0. The van der Waals surface area contributed by atoms with E-state index in [1.165, 1.54) is 11.3 Å². The van der Waals surface area contributed by atoms with Crippen molar-refractivity contribution < 1.29 is 27.8 Å². The van der Waals surface area contributed by atoms with E-state index in [1.807, 2.05) is 53.9 Å². The van der Waals surface area contributed by atoms with E-state index in [2.05, 4.69) is 31.3 Å². The largest absolute Gasteiger partial charge is 0.497 e. The number of carbonyl (C=O) groups is 1. The summed E-state index contributed by atoms with van der Waals surface area (Å²) in [6.45, 7) is -0.0262. The van der Waals surface area contributed by atoms with E-state index in [0.29, 0.717) is 5.01 Å². The molecular weight excluding hydrogens is 636 g/mol. The van der Waals surface area contributed by atoms with Crippen LogP contribution < -0.4 is 19.9 Å². The summed E-state index contributed by atoms with van der Waals surface area (Å²) >= 11 is 6.40. The molecule has 0 atom stereocenters. The third-order valence-corrected chi connectivity index (χ3v) is 8.22. The summed E-state index contributed by atoms with van der Waals surface area (Å²) in [5.74, 6) is -2.00. The summed E-state index contributed by atoms with van der Waals surface area (Å²) in [5.41, 5.74) is 7.96. The van der Waals surface area contributed by atoms with Gasteiger partial charge >= 0.3 is 0 Å². The van der Waals surface area contributed by atoms with E-state index in [-0.39, 0.29) is 12.4 Å². The van der Waals surface area contributed by atoms with Crippen molar-refractivity contribution in [2.24, 2.45) is 5.73 Å². The Morgan fingerprint density at radius 2 is 1.34 bits per heavy atom. The van der Waals surface area contributed by atoms with Crippen molar-refractivity contribution in [3.8, 4) is 39.8 Å². The van der Waals surface area contributed by atoms with Crippen molar-refractivity contribution in [1.29, 1.82) is 0 Å². The van der Waals surface area contributed by atoms with Crippen LogP contribution in [0.1, 0.15) is 20.4 Å². The highest BCUT2D eigenvalue weighted by atomic mass is 79.9. The third-order valence-electron chi connectivity index (χ3n) is 5.64. The first kappa shape index (κ1) is 30.1. The van der Waals surface area contributed by atoms with Crippen LogP contribution in [0.3, 0.4) is 0 Å². The van der Waals surface area contributed by atoms with E-state index in [1.54, 1.807) is 25.6 Å². The lowest BCUT2D eigenvalue weighted by Crippen LogP contribution is -2.16. The number of methoxy groups -OCH3 is 2. The zero-order chi connectivity index (χ0) is 29.4. The standard InChI is InChI=1S/C18H14F2N2O3S.C11H10BrNOS/c1-24-11-4-2-10(3-5-11)13-9-26-15(22-13)8-25-14-7-6-12(19)16(17(14)20)18(21)23;1-14-9-4-2-8(3-5-9)10-7-15-11(6-12)13-10/h2-7,9H,8H2,1H3,(H2,21,23);2-5,7H,6H2,1H3. The van der Waals surface area contributed by atoms with Gasteiger partial charge in [0.05, 0.1) is 30.9 Å². The molecule has 0 bridgehead atoms. The van der Waals surface area contributed by atoms with Crippen LogP contribution in [0.4, 0.5) is 8.78 Å². The number of carbonyl (C=O) groups excluding carboxylic acids is 1. The molecular formula is C29H24BrF2N3O4S2. The van der Waals surface area contributed by atoms with E-state index in [0.717, 1.165) is 56.5 Å². The summed E-state index contributed by atoms with van der Waals surface area (Å²) in [7, 11) is 3.26. The number of hydrogen-bond acceptors (Lipinski definition) is 8. The molecule has 1 amide bonds. The van der Waals surface area contributed by atoms with Crippen molar-refractivity contribution in [1.82, 2.24) is 9.97 Å². The maximum atomic E-state index is 14.1. The van der Waals surface area contributed by atoms with Gasteiger partial charge in [-0.05, 0) is 60.7 Å². The number of nitrogens with zero attached hydrogens (tertiary/aromatic N) is 2. The topological polar surface area (TPSA) is 96.6 Å². The minimum Gasteiger partial charge on any atom is -0.497 e. The Balaban J connectivity index is 0.000000218. The Morgan fingerprint density at radius 1 is 0.829 bits per heavy atom. The monoisotopic (exact) mass is 659 g/mol. The van der Waals surface area contributed by atoms with Gasteiger partial charge in [-0.1, -0.05) is 15.9 Å². The Morgan fingerprint density at radius 3 is 1.80 bits per heavy atom. The molecule has 3 aromatic carbocycles. The van der Waals surface area contributed by atoms with Crippen molar-refractivity contribution in [2.75, 3.05) is 14.2 Å². The molecule has 2 N–H and O–H groups in total. The summed E-state index contributed by atoms with van der Waals surface area (Å²) in [6.07, 6.45) is 0. The van der Waals surface area contributed by atoms with E-state index in [4.69, 9.17) is 19.9 Å². The molecule has 2 aromatic heterocycles. The van der Waals surface area contributed by atoms with Crippen LogP contribution in [0.5, 0.6) is 17.2 Å². The molecule has 0 unspecified atom stereocenters. The van der Waals surface area contributed by atoms with Crippen molar-refractivity contribution in [2.45, 2.75) is 11.9 Å². The molecule has 0 spiro atoms. The summed E-state index contributed by atoms with van der Waals surface area (Å²) in [6, 6.07) is 17.4. The highest BCUT2D eigenvalue weighted by Gasteiger charge is 2.19. The fourth-order valence-electron chi connectivity index (χ4n) is 3.55. The fourth-order valence-corrected chi connectivity index (χ4v) is 5.44. The predicted octanol–water partition coefficient (Wildman–Crippen LogP) is 7.49. The number of benzene rings is 3. The molecule has 0 fully saturated rings. The Hall–Kier alpha value is -3.87. The van der Waals surface area contributed by atoms with Crippen molar-refractivity contribution in [3.05, 3.63) is 98.6 Å². The second-order valence-electron chi connectivity index (χ2n) is 8.23. The number of aromatic nitrogens is 2. The number of primary amides is 1. The SMILES string of the molecule is COc1ccc(-c2csc(CBr)n2)cc1.COc1ccc(-c2csc(COc3ccc(F)c(C(N)=O)c3F)n2)cc1. The molecule has 7 nitrogen and oxygen atoms in total. The first-order chi connectivity index (χ1) is 19.8. The number of amides is 1. The quantitative estimate of drug-likeness (QED) is 0.165. The number of ether oxygens (including phenoxy) is 3. The Bertz CT molecular complexity index is 1610. The van der Waals surface area contributed by atoms with Gasteiger partial charge < -0.3 is 19.9 Å². The highest BCUT2D eigenvalue weighted by molar-refractivity contribution is 9.08. The van der Waals surface area contributed by atoms with Crippen molar-refractivity contribution in [3.63, 3.8) is 0 Å². The Labute approximate surface area is 251 Å². The molecule has 5 aromatic rings. The van der Waals surface area contributed by atoms with Gasteiger partial charge in [-0.3, -0.25) is 4.79 Å². The number of halogens is 3. The van der Waals surface area contributed by atoms with E-state index < -0.39 is 23.1 Å². The molecule has 0 saturated heterocycles. The lowest BCUT2D eigenvalue weighted by atomic mass is 10.1. The van der Waals surface area contributed by atoms with Gasteiger partial charge in [-0.15, -0.1) is 22.7 Å². The normalized spacial score (nSPS) is 10.5. The molecule has 5 rings (SSSR count). The molecule has 0 saturated carbocycles. The number of rotatable bonds is 9. The number of nitrogens with two attached hydrogens (primary N) is 1. The van der Waals surface area contributed by atoms with Crippen LogP contribution in [-0.4, -0.2) is 30.1 Å². The molecule has 0 radical (unpaired) electrons. The lowest BCUT2D eigenvalue weighted by Gasteiger charge is -2.08. The average molecular weight is 661 g/mol. The Kier molecular flexibility index (Phi) is 10.4. The molecule has 0 aliphatic rings. The summed E-state index contributed by atoms with van der Waals surface area (Å²) in [5, 5.41) is 6.42. The van der Waals surface area contributed by atoms with Gasteiger partial charge in [0.1, 0.15) is 39.5 Å². The minimum atomic E-state index is -1.19. The first-order valence-corrected chi connectivity index (χ1v) is 14.8. The molecule has 0 aliphatic heterocycles. The van der Waals surface area contributed by atoms with E-state index in [9.17, 15) is 13.6 Å². The van der Waals surface area contributed by atoms with Gasteiger partial charge in [0, 0.05) is 21.9 Å². The third kappa shape index (κ3) is 7.66. The summed E-state index contributed by atoms with van der Waals surface area (Å²) in [4.78, 5) is 20.0. The van der Waals surface area contributed by atoms with Crippen LogP contribution in [0, 0.1) is 11.6 Å². The molecule has 12 heteroatoms. The number of hydrogen-bond donors (Lipinski definition) is 1. The van der Waals surface area contributed by atoms with Gasteiger partial charge in [0.2, 0.25) is 0 Å². The molecule has 0 aliphatic carbocycles. The fraction of sp³-hybridized carbons (Fsp3) is 0.138. The molecule has 2 heterocycles. The smallest absolute Gasteiger partial charge is 0.254 e. The van der Waals surface area contributed by atoms with Crippen LogP contribution in [-0.2, 0) is 11.9 Å². The average Bonchev–Trinajstić information content (AvgIpc) is 3.67. The van der Waals surface area contributed by atoms with Crippen LogP contribution in [0.25, 0.3) is 22.5 Å². The molecule has 41 heavy (non-hydrogen) atoms. The van der Waals surface area contributed by atoms with Crippen molar-refractivity contribution >= 4 is 44.5 Å². The van der Waals surface area contributed by atoms with Gasteiger partial charge in [-0.25, -0.2) is 18.7 Å². The number of thiazole rings is 2. The second kappa shape index (κ2) is 14.2. The maximum absolute atomic E-state index is 14.1. The highest BCUT2D eigenvalue weighted by Crippen LogP contribution is 2.28. The zero-order valence-electron chi connectivity index (χ0n) is 21.9. The maximum Gasteiger partial charge on any atom is 0.254 e. The van der Waals surface area contributed by atoms with Crippen LogP contribution >= 0.6 is 38.6 Å². The lowest BCUT2D eigenvalue weighted by molar-refractivity contribution is 0.0991. The van der Waals surface area contributed by atoms with Crippen LogP contribution in [0.15, 0.2) is 71.4 Å². The zero-order valence-corrected chi connectivity index (χ0v) is 25.1. The van der Waals surface area contributed by atoms with Gasteiger partial charge in [0.15, 0.2) is 11.6 Å². The van der Waals surface area contributed by atoms with Gasteiger partial charge in [0.25, 0.3) is 5.91 Å². The minimum absolute atomic E-state index is 0.0262. The number of alkyl halides is 1. The van der Waals surface area contributed by atoms with Gasteiger partial charge in [-0.2, -0.15) is 0 Å². The second-order valence-corrected chi connectivity index (χ2v) is 10.7. The van der Waals surface area contributed by atoms with E-state index >= 15 is 0 Å².